The molecular formula is C27H30KO19S+. The van der Waals surface area contributed by atoms with Crippen LogP contribution in [0.25, 0.3) is 22.3 Å². The molecule has 10 atom stereocenters. The van der Waals surface area contributed by atoms with Gasteiger partial charge in [0.2, 0.25) is 17.5 Å². The molecule has 1 aromatic heterocycles. The number of aromatic hydroxyl groups is 3. The number of hydrogen-bond donors (Lipinski definition) is 10. The van der Waals surface area contributed by atoms with Gasteiger partial charge < -0.3 is 73.5 Å². The summed E-state index contributed by atoms with van der Waals surface area (Å²) >= 11 is 0. The van der Waals surface area contributed by atoms with Gasteiger partial charge in [-0.25, -0.2) is 0 Å². The zero-order valence-electron chi connectivity index (χ0n) is 24.9. The van der Waals surface area contributed by atoms with E-state index in [0.29, 0.717) is 0 Å². The molecule has 0 saturated carbocycles. The molecule has 21 heteroatoms. The Balaban J connectivity index is 0.00000520. The summed E-state index contributed by atoms with van der Waals surface area (Å²) in [7, 11) is -5.15. The van der Waals surface area contributed by atoms with E-state index in [0.717, 1.165) is 30.3 Å². The fraction of sp³-hybridized carbons (Fsp3) is 0.444. The zero-order chi connectivity index (χ0) is 34.5. The molecule has 0 aliphatic carbocycles. The Kier molecular flexibility index (Phi) is 12.1. The van der Waals surface area contributed by atoms with Crippen molar-refractivity contribution in [3.05, 3.63) is 40.6 Å². The van der Waals surface area contributed by atoms with Crippen molar-refractivity contribution in [3.63, 3.8) is 0 Å². The van der Waals surface area contributed by atoms with Crippen LogP contribution in [0.2, 0.25) is 0 Å². The van der Waals surface area contributed by atoms with Crippen LogP contribution in [0.15, 0.2) is 39.5 Å². The third kappa shape index (κ3) is 7.91. The number of fused-ring (bicyclic) bond motifs is 1. The topological polar surface area (TPSA) is 313 Å². The minimum Gasteiger partial charge on any atom is -0.508 e. The summed E-state index contributed by atoms with van der Waals surface area (Å²) in [5.74, 6) is -4.34. The van der Waals surface area contributed by atoms with Gasteiger partial charge in [-0.15, -0.1) is 0 Å². The molecule has 0 bridgehead atoms. The van der Waals surface area contributed by atoms with E-state index in [2.05, 4.69) is 4.18 Å². The molecule has 19 nitrogen and oxygen atoms in total. The van der Waals surface area contributed by atoms with E-state index in [9.17, 15) is 59.2 Å². The van der Waals surface area contributed by atoms with Crippen LogP contribution >= 0.6 is 0 Å². The van der Waals surface area contributed by atoms with Gasteiger partial charge in [-0.1, -0.05) is 0 Å². The summed E-state index contributed by atoms with van der Waals surface area (Å²) in [5, 5.41) is 91.9. The first kappa shape index (κ1) is 38.6. The van der Waals surface area contributed by atoms with E-state index in [1.807, 2.05) is 0 Å². The quantitative estimate of drug-likeness (QED) is 0.0765. The van der Waals surface area contributed by atoms with Crippen LogP contribution in [-0.2, 0) is 24.6 Å². The van der Waals surface area contributed by atoms with Crippen molar-refractivity contribution in [2.75, 3.05) is 6.61 Å². The number of aliphatic hydroxyl groups excluding tert-OH is 6. The van der Waals surface area contributed by atoms with E-state index >= 15 is 0 Å². The van der Waals surface area contributed by atoms with Gasteiger partial charge in [-0.05, 0) is 25.1 Å². The van der Waals surface area contributed by atoms with Crippen molar-refractivity contribution in [3.8, 4) is 40.1 Å². The SMILES string of the molecule is CC1OC(OCC2OC(Oc3c(-c4ccc(O)c(OS(=O)(=O)O)c4)oc4cc(O)cc(O)c4c3=O)C(O)C(O)C2O)C(O)C(O)C1O.[K+]. The average molecular weight is 730 g/mol. The van der Waals surface area contributed by atoms with Crippen molar-refractivity contribution < 1.29 is 138 Å². The Morgan fingerprint density at radius 2 is 1.46 bits per heavy atom. The molecule has 3 heterocycles. The standard InChI is InChI=1S/C27H30O19S.K/c1-8-17(31)20(34)22(36)26(42-8)41-7-15-18(32)21(35)23(37)27(44-15)45-25-19(33)16-12(30)5-10(28)6-14(16)43-24(25)9-2-3-11(29)13(4-9)46-47(38,39)40;/h2-6,8,15,17-18,20-23,26-32,34-37H,7H2,1H3,(H,38,39,40);/q;+1. The maximum absolute atomic E-state index is 13.7. The summed E-state index contributed by atoms with van der Waals surface area (Å²) in [4.78, 5) is 13.7. The van der Waals surface area contributed by atoms with Gasteiger partial charge in [-0.2, -0.15) is 8.42 Å². The fourth-order valence-corrected chi connectivity index (χ4v) is 5.37. The van der Waals surface area contributed by atoms with Crippen molar-refractivity contribution in [1.29, 1.82) is 0 Å². The van der Waals surface area contributed by atoms with Crippen LogP contribution in [0.4, 0.5) is 0 Å². The molecule has 10 unspecified atom stereocenters. The predicted octanol–water partition coefficient (Wildman–Crippen LogP) is -5.21. The second-order valence-corrected chi connectivity index (χ2v) is 11.8. The Labute approximate surface area is 312 Å². The molecule has 10 N–H and O–H groups in total. The smallest absolute Gasteiger partial charge is 0.508 e. The normalized spacial score (nSPS) is 30.8. The molecule has 48 heavy (non-hydrogen) atoms. The molecule has 3 aromatic rings. The molecule has 2 fully saturated rings. The number of phenols is 3. The van der Waals surface area contributed by atoms with Gasteiger partial charge in [0.25, 0.3) is 0 Å². The molecule has 258 valence electrons. The van der Waals surface area contributed by atoms with Crippen LogP contribution in [0.3, 0.4) is 0 Å². The zero-order valence-corrected chi connectivity index (χ0v) is 28.9. The van der Waals surface area contributed by atoms with Crippen molar-refractivity contribution in [2.45, 2.75) is 68.3 Å². The maximum atomic E-state index is 13.7. The number of ether oxygens (including phenoxy) is 4. The summed E-state index contributed by atoms with van der Waals surface area (Å²) in [5.41, 5.74) is -1.82. The van der Waals surface area contributed by atoms with Crippen LogP contribution < -0.4 is 65.7 Å². The first-order valence-electron chi connectivity index (χ1n) is 13.7. The van der Waals surface area contributed by atoms with Gasteiger partial charge in [-0.3, -0.25) is 9.35 Å². The first-order chi connectivity index (χ1) is 22.0. The Hall–Kier alpha value is -2.16. The van der Waals surface area contributed by atoms with Gasteiger partial charge in [0.15, 0.2) is 23.5 Å². The molecule has 2 aliphatic heterocycles. The average Bonchev–Trinajstić information content (AvgIpc) is 2.99. The summed E-state index contributed by atoms with van der Waals surface area (Å²) < 4.78 is 63.7. The second-order valence-electron chi connectivity index (χ2n) is 10.8. The fourth-order valence-electron chi connectivity index (χ4n) is 5.01. The monoisotopic (exact) mass is 729 g/mol. The second kappa shape index (κ2) is 15.0. The number of rotatable bonds is 8. The van der Waals surface area contributed by atoms with Gasteiger partial charge >= 0.3 is 61.8 Å². The van der Waals surface area contributed by atoms with Crippen LogP contribution in [-0.4, -0.2) is 127 Å². The van der Waals surface area contributed by atoms with E-state index in [4.69, 9.17) is 27.9 Å². The number of hydrogen-bond acceptors (Lipinski definition) is 18. The molecule has 0 spiro atoms. The van der Waals surface area contributed by atoms with Gasteiger partial charge in [0.05, 0.1) is 12.7 Å². The van der Waals surface area contributed by atoms with E-state index in [1.54, 1.807) is 0 Å². The van der Waals surface area contributed by atoms with Gasteiger partial charge in [0.1, 0.15) is 65.2 Å². The van der Waals surface area contributed by atoms with Gasteiger partial charge in [0, 0.05) is 17.7 Å². The number of aliphatic hydroxyl groups is 6. The van der Waals surface area contributed by atoms with Crippen LogP contribution in [0.5, 0.6) is 28.7 Å². The van der Waals surface area contributed by atoms with Crippen molar-refractivity contribution in [2.24, 2.45) is 0 Å². The summed E-state index contributed by atoms with van der Waals surface area (Å²) in [6.45, 7) is 0.722. The molecular weight excluding hydrogens is 699 g/mol. The Bertz CT molecular complexity index is 1800. The Morgan fingerprint density at radius 1 is 0.812 bits per heavy atom. The third-order valence-electron chi connectivity index (χ3n) is 7.47. The minimum atomic E-state index is -5.15. The third-order valence-corrected chi connectivity index (χ3v) is 7.86. The summed E-state index contributed by atoms with van der Waals surface area (Å²) in [6, 6.07) is 4.53. The summed E-state index contributed by atoms with van der Waals surface area (Å²) in [6.07, 6.45) is -16.8. The van der Waals surface area contributed by atoms with Crippen LogP contribution in [0, 0.1) is 0 Å². The molecule has 2 aliphatic rings. The van der Waals surface area contributed by atoms with E-state index in [1.165, 1.54) is 6.92 Å². The van der Waals surface area contributed by atoms with Crippen molar-refractivity contribution >= 4 is 21.4 Å². The molecule has 0 radical (unpaired) electrons. The minimum absolute atomic E-state index is 0. The maximum Gasteiger partial charge on any atom is 1.00 e. The largest absolute Gasteiger partial charge is 1.00 e. The van der Waals surface area contributed by atoms with E-state index in [-0.39, 0.29) is 56.9 Å². The molecule has 2 saturated heterocycles. The Morgan fingerprint density at radius 3 is 2.12 bits per heavy atom. The first-order valence-corrected chi connectivity index (χ1v) is 15.0. The van der Waals surface area contributed by atoms with Crippen LogP contribution in [0.1, 0.15) is 6.92 Å². The van der Waals surface area contributed by atoms with E-state index < -0.39 is 129 Å². The molecule has 5 rings (SSSR count). The number of phenolic OH excluding ortho intramolecular Hbond substituents is 3. The predicted molar refractivity (Wildman–Crippen MR) is 151 cm³/mol. The molecule has 0 amide bonds. The molecule has 2 aromatic carbocycles. The van der Waals surface area contributed by atoms with Crippen molar-refractivity contribution in [1.82, 2.24) is 0 Å². The number of benzene rings is 2.